The van der Waals surface area contributed by atoms with Gasteiger partial charge in [-0.25, -0.2) is 0 Å². The lowest BCUT2D eigenvalue weighted by Gasteiger charge is -2.37. The van der Waals surface area contributed by atoms with E-state index in [1.165, 1.54) is 31.2 Å². The number of benzene rings is 1. The summed E-state index contributed by atoms with van der Waals surface area (Å²) in [7, 11) is 5.67. The summed E-state index contributed by atoms with van der Waals surface area (Å²) in [5.74, 6) is 0.675. The highest BCUT2D eigenvalue weighted by Crippen LogP contribution is 2.33. The minimum Gasteiger partial charge on any atom is -0.354 e. The standard InChI is InChI=1S/C17H27NO2/c1-18(13-14-9-5-4-6-10-14)16(17(19-2)20-3)15-11-7-8-12-15/h4-6,9-10,15-17H,7-8,11-13H2,1-3H3/t16-/m0/s1. The van der Waals surface area contributed by atoms with Crippen molar-refractivity contribution in [2.75, 3.05) is 21.3 Å². The zero-order valence-corrected chi connectivity index (χ0v) is 12.9. The molecule has 1 aromatic rings. The molecule has 0 radical (unpaired) electrons. The van der Waals surface area contributed by atoms with E-state index >= 15 is 0 Å². The van der Waals surface area contributed by atoms with Gasteiger partial charge >= 0.3 is 0 Å². The molecule has 0 aromatic heterocycles. The smallest absolute Gasteiger partial charge is 0.172 e. The fourth-order valence-corrected chi connectivity index (χ4v) is 3.44. The molecule has 0 aliphatic heterocycles. The summed E-state index contributed by atoms with van der Waals surface area (Å²) in [6, 6.07) is 10.9. The lowest BCUT2D eigenvalue weighted by molar-refractivity contribution is -0.157. The Balaban J connectivity index is 2.08. The fraction of sp³-hybridized carbons (Fsp3) is 0.647. The van der Waals surface area contributed by atoms with Crippen molar-refractivity contribution >= 4 is 0 Å². The van der Waals surface area contributed by atoms with Crippen molar-refractivity contribution in [3.05, 3.63) is 35.9 Å². The maximum atomic E-state index is 5.57. The molecule has 1 aliphatic carbocycles. The molecular weight excluding hydrogens is 250 g/mol. The Labute approximate surface area is 122 Å². The van der Waals surface area contributed by atoms with Crippen molar-refractivity contribution in [3.8, 4) is 0 Å². The Morgan fingerprint density at radius 1 is 1.10 bits per heavy atom. The largest absolute Gasteiger partial charge is 0.354 e. The molecular formula is C17H27NO2. The average Bonchev–Trinajstić information content (AvgIpc) is 2.99. The van der Waals surface area contributed by atoms with E-state index < -0.39 is 0 Å². The van der Waals surface area contributed by atoms with Crippen LogP contribution in [0.1, 0.15) is 31.2 Å². The Bertz CT molecular complexity index is 370. The van der Waals surface area contributed by atoms with E-state index in [2.05, 4.69) is 42.3 Å². The summed E-state index contributed by atoms with van der Waals surface area (Å²) in [5.41, 5.74) is 1.34. The summed E-state index contributed by atoms with van der Waals surface area (Å²) in [4.78, 5) is 2.39. The number of rotatable bonds is 7. The molecule has 3 heteroatoms. The second-order valence-corrected chi connectivity index (χ2v) is 5.78. The van der Waals surface area contributed by atoms with E-state index in [9.17, 15) is 0 Å². The van der Waals surface area contributed by atoms with Crippen LogP contribution >= 0.6 is 0 Å². The lowest BCUT2D eigenvalue weighted by Crippen LogP contribution is -2.47. The first kappa shape index (κ1) is 15.5. The molecule has 0 bridgehead atoms. The van der Waals surface area contributed by atoms with Crippen LogP contribution in [0.15, 0.2) is 30.3 Å². The van der Waals surface area contributed by atoms with Gasteiger partial charge in [0.1, 0.15) is 0 Å². The third-order valence-corrected chi connectivity index (χ3v) is 4.41. The summed E-state index contributed by atoms with van der Waals surface area (Å²) in [6.07, 6.45) is 5.09. The number of likely N-dealkylation sites (N-methyl/N-ethyl adjacent to an activating group) is 1. The first-order valence-corrected chi connectivity index (χ1v) is 7.56. The molecule has 0 saturated heterocycles. The summed E-state index contributed by atoms with van der Waals surface area (Å²) in [6.45, 7) is 0.936. The molecule has 0 N–H and O–H groups in total. The van der Waals surface area contributed by atoms with Gasteiger partial charge in [0.15, 0.2) is 6.29 Å². The van der Waals surface area contributed by atoms with Gasteiger partial charge in [-0.15, -0.1) is 0 Å². The van der Waals surface area contributed by atoms with Gasteiger partial charge in [-0.1, -0.05) is 43.2 Å². The third-order valence-electron chi connectivity index (χ3n) is 4.41. The molecule has 1 atom stereocenters. The molecule has 0 amide bonds. The van der Waals surface area contributed by atoms with Gasteiger partial charge in [0, 0.05) is 20.8 Å². The Hall–Kier alpha value is -0.900. The Morgan fingerprint density at radius 3 is 2.25 bits per heavy atom. The highest BCUT2D eigenvalue weighted by molar-refractivity contribution is 5.14. The molecule has 1 saturated carbocycles. The molecule has 0 unspecified atom stereocenters. The predicted molar refractivity (Wildman–Crippen MR) is 81.5 cm³/mol. The number of ether oxygens (including phenoxy) is 2. The molecule has 0 heterocycles. The molecule has 112 valence electrons. The SMILES string of the molecule is COC(OC)[C@H](C1CCCC1)N(C)Cc1ccccc1. The van der Waals surface area contributed by atoms with Crippen molar-refractivity contribution < 1.29 is 9.47 Å². The van der Waals surface area contributed by atoms with Crippen LogP contribution in [0.5, 0.6) is 0 Å². The van der Waals surface area contributed by atoms with E-state index in [4.69, 9.17) is 9.47 Å². The van der Waals surface area contributed by atoms with Crippen molar-refractivity contribution in [1.29, 1.82) is 0 Å². The predicted octanol–water partition coefficient (Wildman–Crippen LogP) is 3.30. The second kappa shape index (κ2) is 7.77. The Kier molecular flexibility index (Phi) is 6.02. The van der Waals surface area contributed by atoms with E-state index in [1.54, 1.807) is 14.2 Å². The number of methoxy groups -OCH3 is 2. The quantitative estimate of drug-likeness (QED) is 0.714. The van der Waals surface area contributed by atoms with Gasteiger partial charge in [-0.2, -0.15) is 0 Å². The highest BCUT2D eigenvalue weighted by atomic mass is 16.7. The minimum atomic E-state index is -0.146. The zero-order valence-electron chi connectivity index (χ0n) is 12.9. The maximum Gasteiger partial charge on any atom is 0.172 e. The maximum absolute atomic E-state index is 5.57. The summed E-state index contributed by atoms with van der Waals surface area (Å²) in [5, 5.41) is 0. The minimum absolute atomic E-state index is 0.146. The van der Waals surface area contributed by atoms with Gasteiger partial charge in [-0.05, 0) is 31.4 Å². The first-order chi connectivity index (χ1) is 9.76. The van der Waals surface area contributed by atoms with E-state index in [-0.39, 0.29) is 6.29 Å². The number of hydrogen-bond acceptors (Lipinski definition) is 3. The average molecular weight is 277 g/mol. The molecule has 1 fully saturated rings. The van der Waals surface area contributed by atoms with Crippen LogP contribution in [0.2, 0.25) is 0 Å². The van der Waals surface area contributed by atoms with Crippen LogP contribution in [-0.4, -0.2) is 38.5 Å². The van der Waals surface area contributed by atoms with Crippen molar-refractivity contribution in [3.63, 3.8) is 0 Å². The fourth-order valence-electron chi connectivity index (χ4n) is 3.44. The van der Waals surface area contributed by atoms with Crippen molar-refractivity contribution in [1.82, 2.24) is 4.90 Å². The van der Waals surface area contributed by atoms with Gasteiger partial charge < -0.3 is 9.47 Å². The van der Waals surface area contributed by atoms with Crippen molar-refractivity contribution in [2.24, 2.45) is 5.92 Å². The molecule has 1 aliphatic rings. The third kappa shape index (κ3) is 3.81. The molecule has 1 aromatic carbocycles. The molecule has 0 spiro atoms. The van der Waals surface area contributed by atoms with Crippen LogP contribution < -0.4 is 0 Å². The van der Waals surface area contributed by atoms with Crippen LogP contribution in [0.4, 0.5) is 0 Å². The lowest BCUT2D eigenvalue weighted by atomic mass is 9.95. The normalized spacial score (nSPS) is 18.1. The van der Waals surface area contributed by atoms with Gasteiger partial charge in [0.2, 0.25) is 0 Å². The van der Waals surface area contributed by atoms with Crippen LogP contribution in [0.3, 0.4) is 0 Å². The monoisotopic (exact) mass is 277 g/mol. The number of hydrogen-bond donors (Lipinski definition) is 0. The number of nitrogens with zero attached hydrogens (tertiary/aromatic N) is 1. The van der Waals surface area contributed by atoms with Gasteiger partial charge in [-0.3, -0.25) is 4.90 Å². The topological polar surface area (TPSA) is 21.7 Å². The molecule has 3 nitrogen and oxygen atoms in total. The van der Waals surface area contributed by atoms with Crippen molar-refractivity contribution in [2.45, 2.75) is 44.6 Å². The molecule has 2 rings (SSSR count). The van der Waals surface area contributed by atoms with Gasteiger partial charge in [0.05, 0.1) is 6.04 Å². The second-order valence-electron chi connectivity index (χ2n) is 5.78. The van der Waals surface area contributed by atoms with E-state index in [0.29, 0.717) is 12.0 Å². The first-order valence-electron chi connectivity index (χ1n) is 7.56. The van der Waals surface area contributed by atoms with E-state index in [0.717, 1.165) is 6.54 Å². The van der Waals surface area contributed by atoms with E-state index in [1.807, 2.05) is 0 Å². The Morgan fingerprint density at radius 2 is 1.70 bits per heavy atom. The van der Waals surface area contributed by atoms with Gasteiger partial charge in [0.25, 0.3) is 0 Å². The summed E-state index contributed by atoms with van der Waals surface area (Å²) >= 11 is 0. The summed E-state index contributed by atoms with van der Waals surface area (Å²) < 4.78 is 11.1. The molecule has 20 heavy (non-hydrogen) atoms. The van der Waals surface area contributed by atoms with Crippen LogP contribution in [-0.2, 0) is 16.0 Å². The highest BCUT2D eigenvalue weighted by Gasteiger charge is 2.34. The van der Waals surface area contributed by atoms with Crippen LogP contribution in [0, 0.1) is 5.92 Å². The van der Waals surface area contributed by atoms with Crippen LogP contribution in [0.25, 0.3) is 0 Å². The zero-order chi connectivity index (χ0) is 14.4.